The molecule has 1 aliphatic heterocycles. The standard InChI is InChI=1S/C20H20N2O5S2/c1-4-22-19(23)18(12-14-10-11-15(26-2)13-17(14)27-3)28-20(22)21-29(24,25)16-8-6-5-7-9-16/h5-13H,4H2,1-3H3/b18-12-,21-20-. The van der Waals surface area contributed by atoms with Crippen molar-refractivity contribution in [3.8, 4) is 11.5 Å². The molecule has 2 aromatic rings. The number of thioether (sulfide) groups is 1. The summed E-state index contributed by atoms with van der Waals surface area (Å²) in [5.41, 5.74) is 0.673. The quantitative estimate of drug-likeness (QED) is 0.651. The number of methoxy groups -OCH3 is 2. The third-order valence-electron chi connectivity index (χ3n) is 4.17. The van der Waals surface area contributed by atoms with Crippen LogP contribution in [0.1, 0.15) is 12.5 Å². The number of carbonyl (C=O) groups is 1. The molecule has 1 heterocycles. The molecule has 0 spiro atoms. The third kappa shape index (κ3) is 4.46. The van der Waals surface area contributed by atoms with E-state index in [9.17, 15) is 13.2 Å². The Kier molecular flexibility index (Phi) is 6.29. The van der Waals surface area contributed by atoms with Gasteiger partial charge in [-0.05, 0) is 49.0 Å². The molecule has 29 heavy (non-hydrogen) atoms. The first-order chi connectivity index (χ1) is 13.9. The van der Waals surface area contributed by atoms with E-state index in [-0.39, 0.29) is 16.0 Å². The summed E-state index contributed by atoms with van der Waals surface area (Å²) >= 11 is 1.02. The van der Waals surface area contributed by atoms with Gasteiger partial charge in [0, 0.05) is 18.2 Å². The van der Waals surface area contributed by atoms with Crippen LogP contribution in [0.4, 0.5) is 0 Å². The number of sulfonamides is 1. The Balaban J connectivity index is 1.99. The van der Waals surface area contributed by atoms with Crippen LogP contribution in [0, 0.1) is 0 Å². The molecule has 0 aromatic heterocycles. The molecule has 2 aromatic carbocycles. The molecule has 9 heteroatoms. The summed E-state index contributed by atoms with van der Waals surface area (Å²) in [5, 5.41) is 0.125. The Bertz CT molecular complexity index is 1080. The number of amidine groups is 1. The van der Waals surface area contributed by atoms with Gasteiger partial charge in [-0.3, -0.25) is 9.69 Å². The summed E-state index contributed by atoms with van der Waals surface area (Å²) in [6, 6.07) is 13.1. The van der Waals surface area contributed by atoms with Crippen LogP contribution in [0.25, 0.3) is 6.08 Å². The molecule has 0 unspecified atom stereocenters. The Labute approximate surface area is 174 Å². The summed E-state index contributed by atoms with van der Waals surface area (Å²) in [5.74, 6) is 0.855. The van der Waals surface area contributed by atoms with Gasteiger partial charge < -0.3 is 9.47 Å². The molecular weight excluding hydrogens is 412 g/mol. The number of carbonyl (C=O) groups excluding carboxylic acids is 1. The predicted molar refractivity (Wildman–Crippen MR) is 114 cm³/mol. The fourth-order valence-electron chi connectivity index (χ4n) is 2.68. The molecule has 1 saturated heterocycles. The minimum Gasteiger partial charge on any atom is -0.497 e. The van der Waals surface area contributed by atoms with Crippen LogP contribution in [0.3, 0.4) is 0 Å². The molecular formula is C20H20N2O5S2. The Hall–Kier alpha value is -2.78. The molecule has 152 valence electrons. The minimum absolute atomic E-state index is 0.0749. The molecule has 0 aliphatic carbocycles. The van der Waals surface area contributed by atoms with Crippen LogP contribution in [0.2, 0.25) is 0 Å². The van der Waals surface area contributed by atoms with Gasteiger partial charge >= 0.3 is 0 Å². The summed E-state index contributed by atoms with van der Waals surface area (Å²) in [4.78, 5) is 14.6. The lowest BCUT2D eigenvalue weighted by atomic mass is 10.1. The largest absolute Gasteiger partial charge is 0.497 e. The van der Waals surface area contributed by atoms with E-state index in [1.807, 2.05) is 0 Å². The second kappa shape index (κ2) is 8.71. The summed E-state index contributed by atoms with van der Waals surface area (Å²) in [6.07, 6.45) is 1.66. The first-order valence-electron chi connectivity index (χ1n) is 8.73. The highest BCUT2D eigenvalue weighted by molar-refractivity contribution is 8.19. The molecule has 0 atom stereocenters. The number of hydrogen-bond donors (Lipinski definition) is 0. The topological polar surface area (TPSA) is 85.3 Å². The normalized spacial score (nSPS) is 17.2. The fraction of sp³-hybridized carbons (Fsp3) is 0.200. The van der Waals surface area contributed by atoms with Crippen molar-refractivity contribution in [3.63, 3.8) is 0 Å². The lowest BCUT2D eigenvalue weighted by Crippen LogP contribution is -2.29. The van der Waals surface area contributed by atoms with Gasteiger partial charge in [0.15, 0.2) is 5.17 Å². The SMILES string of the molecule is CCN1C(=O)/C(=C/c2ccc(OC)cc2OC)S/C1=N\S(=O)(=O)c1ccccc1. The summed E-state index contributed by atoms with van der Waals surface area (Å²) < 4.78 is 39.7. The zero-order chi connectivity index (χ0) is 21.0. The van der Waals surface area contributed by atoms with Crippen LogP contribution in [-0.2, 0) is 14.8 Å². The number of hydrogen-bond acceptors (Lipinski definition) is 6. The van der Waals surface area contributed by atoms with Crippen molar-refractivity contribution >= 4 is 38.9 Å². The lowest BCUT2D eigenvalue weighted by molar-refractivity contribution is -0.122. The van der Waals surface area contributed by atoms with Gasteiger partial charge in [-0.15, -0.1) is 4.40 Å². The van der Waals surface area contributed by atoms with E-state index in [4.69, 9.17) is 9.47 Å². The first-order valence-corrected chi connectivity index (χ1v) is 11.0. The van der Waals surface area contributed by atoms with E-state index in [0.717, 1.165) is 11.8 Å². The highest BCUT2D eigenvalue weighted by atomic mass is 32.2. The van der Waals surface area contributed by atoms with Crippen molar-refractivity contribution in [2.24, 2.45) is 4.40 Å². The van der Waals surface area contributed by atoms with Crippen LogP contribution in [0.5, 0.6) is 11.5 Å². The van der Waals surface area contributed by atoms with E-state index in [1.165, 1.54) is 24.1 Å². The van der Waals surface area contributed by atoms with Gasteiger partial charge in [0.2, 0.25) is 0 Å². The second-order valence-electron chi connectivity index (χ2n) is 5.93. The monoisotopic (exact) mass is 432 g/mol. The van der Waals surface area contributed by atoms with Crippen molar-refractivity contribution in [1.82, 2.24) is 4.90 Å². The van der Waals surface area contributed by atoms with E-state index in [1.54, 1.807) is 56.5 Å². The predicted octanol–water partition coefficient (Wildman–Crippen LogP) is 3.38. The van der Waals surface area contributed by atoms with Crippen LogP contribution < -0.4 is 9.47 Å². The molecule has 0 N–H and O–H groups in total. The maximum absolute atomic E-state index is 12.8. The number of likely N-dealkylation sites (N-methyl/N-ethyl adjacent to an activating group) is 1. The number of ether oxygens (including phenoxy) is 2. The molecule has 1 amide bonds. The Morgan fingerprint density at radius 3 is 2.45 bits per heavy atom. The van der Waals surface area contributed by atoms with Gasteiger partial charge in [-0.25, -0.2) is 0 Å². The maximum atomic E-state index is 12.8. The number of benzene rings is 2. The lowest BCUT2D eigenvalue weighted by Gasteiger charge is -2.12. The summed E-state index contributed by atoms with van der Waals surface area (Å²) in [7, 11) is -0.844. The summed E-state index contributed by atoms with van der Waals surface area (Å²) in [6.45, 7) is 2.06. The molecule has 1 fully saturated rings. The van der Waals surface area contributed by atoms with Crippen molar-refractivity contribution in [2.75, 3.05) is 20.8 Å². The average molecular weight is 433 g/mol. The smallest absolute Gasteiger partial charge is 0.284 e. The van der Waals surface area contributed by atoms with Crippen molar-refractivity contribution in [1.29, 1.82) is 0 Å². The van der Waals surface area contributed by atoms with E-state index < -0.39 is 10.0 Å². The van der Waals surface area contributed by atoms with Crippen LogP contribution in [0.15, 0.2) is 62.7 Å². The molecule has 7 nitrogen and oxygen atoms in total. The fourth-order valence-corrected chi connectivity index (χ4v) is 4.94. The molecule has 1 aliphatic rings. The van der Waals surface area contributed by atoms with Crippen molar-refractivity contribution in [2.45, 2.75) is 11.8 Å². The van der Waals surface area contributed by atoms with E-state index in [0.29, 0.717) is 28.5 Å². The highest BCUT2D eigenvalue weighted by Crippen LogP contribution is 2.35. The highest BCUT2D eigenvalue weighted by Gasteiger charge is 2.34. The minimum atomic E-state index is -3.92. The maximum Gasteiger partial charge on any atom is 0.284 e. The zero-order valence-corrected chi connectivity index (χ0v) is 17.8. The van der Waals surface area contributed by atoms with Crippen LogP contribution in [-0.4, -0.2) is 45.2 Å². The van der Waals surface area contributed by atoms with Gasteiger partial charge in [0.05, 0.1) is 24.0 Å². The van der Waals surface area contributed by atoms with Gasteiger partial charge in [-0.1, -0.05) is 18.2 Å². The zero-order valence-electron chi connectivity index (χ0n) is 16.2. The molecule has 0 saturated carbocycles. The van der Waals surface area contributed by atoms with Gasteiger partial charge in [-0.2, -0.15) is 8.42 Å². The van der Waals surface area contributed by atoms with E-state index >= 15 is 0 Å². The Morgan fingerprint density at radius 1 is 1.10 bits per heavy atom. The van der Waals surface area contributed by atoms with Gasteiger partial charge in [0.1, 0.15) is 11.5 Å². The number of rotatable bonds is 6. The van der Waals surface area contributed by atoms with Crippen molar-refractivity contribution in [3.05, 3.63) is 59.0 Å². The van der Waals surface area contributed by atoms with Gasteiger partial charge in [0.25, 0.3) is 15.9 Å². The third-order valence-corrected chi connectivity index (χ3v) is 6.57. The average Bonchev–Trinajstić information content (AvgIpc) is 3.02. The molecule has 0 bridgehead atoms. The van der Waals surface area contributed by atoms with Crippen molar-refractivity contribution < 1.29 is 22.7 Å². The second-order valence-corrected chi connectivity index (χ2v) is 8.54. The molecule has 0 radical (unpaired) electrons. The van der Waals surface area contributed by atoms with E-state index in [2.05, 4.69) is 4.40 Å². The molecule has 3 rings (SSSR count). The number of amides is 1. The Morgan fingerprint density at radius 2 is 1.83 bits per heavy atom. The van der Waals surface area contributed by atoms with Crippen LogP contribution >= 0.6 is 11.8 Å². The first kappa shape index (κ1) is 20.9. The number of nitrogens with zero attached hydrogens (tertiary/aromatic N) is 2.